The first-order chi connectivity index (χ1) is 14.4. The van der Waals surface area contributed by atoms with Crippen molar-refractivity contribution in [1.82, 2.24) is 10.6 Å². The molecule has 0 radical (unpaired) electrons. The first-order valence-electron chi connectivity index (χ1n) is 9.70. The van der Waals surface area contributed by atoms with Crippen molar-refractivity contribution in [2.24, 2.45) is 0 Å². The summed E-state index contributed by atoms with van der Waals surface area (Å²) in [6.45, 7) is 1.94. The van der Waals surface area contributed by atoms with Gasteiger partial charge in [0, 0.05) is 5.56 Å². The Kier molecular flexibility index (Phi) is 8.62. The van der Waals surface area contributed by atoms with Crippen LogP contribution in [0.4, 0.5) is 0 Å². The minimum absolute atomic E-state index is 0.0373. The topological polar surface area (TPSA) is 105 Å². The number of carboxylic acid groups (broad SMARTS) is 1. The second-order valence-corrected chi connectivity index (χ2v) is 6.66. The third-order valence-electron chi connectivity index (χ3n) is 4.41. The lowest BCUT2D eigenvalue weighted by Gasteiger charge is -2.16. The number of amides is 2. The zero-order valence-electron chi connectivity index (χ0n) is 17.1. The van der Waals surface area contributed by atoms with Crippen molar-refractivity contribution in [3.05, 3.63) is 71.4 Å². The molecule has 2 aromatic rings. The fourth-order valence-corrected chi connectivity index (χ4v) is 2.71. The van der Waals surface area contributed by atoms with Crippen molar-refractivity contribution in [1.29, 1.82) is 0 Å². The van der Waals surface area contributed by atoms with E-state index in [2.05, 4.69) is 10.6 Å². The number of carbonyl (C=O) groups excluding carboxylic acids is 2. The van der Waals surface area contributed by atoms with Crippen molar-refractivity contribution < 1.29 is 24.2 Å². The molecule has 158 valence electrons. The number of nitrogens with one attached hydrogen (secondary N) is 2. The maximum absolute atomic E-state index is 12.8. The van der Waals surface area contributed by atoms with E-state index in [1.807, 2.05) is 13.0 Å². The third-order valence-corrected chi connectivity index (χ3v) is 4.41. The summed E-state index contributed by atoms with van der Waals surface area (Å²) < 4.78 is 5.08. The van der Waals surface area contributed by atoms with Crippen LogP contribution >= 0.6 is 0 Å². The van der Waals surface area contributed by atoms with Gasteiger partial charge in [-0.25, -0.2) is 4.79 Å². The van der Waals surface area contributed by atoms with Crippen molar-refractivity contribution in [3.8, 4) is 5.75 Å². The molecule has 3 N–H and O–H groups in total. The number of carboxylic acids is 1. The summed E-state index contributed by atoms with van der Waals surface area (Å²) in [5.41, 5.74) is 0.992. The van der Waals surface area contributed by atoms with Crippen LogP contribution in [0, 0.1) is 0 Å². The van der Waals surface area contributed by atoms with E-state index in [0.717, 1.165) is 6.42 Å². The number of benzene rings is 2. The smallest absolute Gasteiger partial charge is 0.326 e. The predicted octanol–water partition coefficient (Wildman–Crippen LogP) is 3.23. The van der Waals surface area contributed by atoms with Gasteiger partial charge in [-0.05, 0) is 42.3 Å². The van der Waals surface area contributed by atoms with Gasteiger partial charge in [0.05, 0.1) is 7.11 Å². The Balaban J connectivity index is 2.25. The average molecular weight is 410 g/mol. The van der Waals surface area contributed by atoms with Gasteiger partial charge >= 0.3 is 5.97 Å². The molecule has 0 saturated carbocycles. The Labute approximate surface area is 175 Å². The highest BCUT2D eigenvalue weighted by Crippen LogP contribution is 2.13. The summed E-state index contributed by atoms with van der Waals surface area (Å²) in [4.78, 5) is 37.0. The Morgan fingerprint density at radius 1 is 1.07 bits per heavy atom. The first kappa shape index (κ1) is 22.7. The van der Waals surface area contributed by atoms with E-state index in [9.17, 15) is 19.5 Å². The van der Waals surface area contributed by atoms with Crippen LogP contribution < -0.4 is 15.4 Å². The lowest BCUT2D eigenvalue weighted by molar-refractivity contribution is -0.141. The second kappa shape index (κ2) is 11.4. The summed E-state index contributed by atoms with van der Waals surface area (Å²) >= 11 is 0. The van der Waals surface area contributed by atoms with E-state index in [1.165, 1.54) is 13.2 Å². The van der Waals surface area contributed by atoms with E-state index >= 15 is 0 Å². The van der Waals surface area contributed by atoms with Gasteiger partial charge in [-0.3, -0.25) is 9.59 Å². The fourth-order valence-electron chi connectivity index (χ4n) is 2.71. The van der Waals surface area contributed by atoms with Crippen LogP contribution in [0.25, 0.3) is 6.08 Å². The zero-order chi connectivity index (χ0) is 21.9. The Hall–Kier alpha value is -3.61. The van der Waals surface area contributed by atoms with Gasteiger partial charge in [0.1, 0.15) is 17.5 Å². The summed E-state index contributed by atoms with van der Waals surface area (Å²) in [7, 11) is 1.53. The van der Waals surface area contributed by atoms with Crippen LogP contribution in [0.1, 0.15) is 42.1 Å². The molecule has 7 heteroatoms. The van der Waals surface area contributed by atoms with E-state index in [4.69, 9.17) is 4.74 Å². The van der Waals surface area contributed by atoms with E-state index in [1.54, 1.807) is 48.5 Å². The minimum atomic E-state index is -1.11. The maximum Gasteiger partial charge on any atom is 0.326 e. The quantitative estimate of drug-likeness (QED) is 0.522. The Bertz CT molecular complexity index is 892. The number of methoxy groups -OCH3 is 1. The van der Waals surface area contributed by atoms with Crippen LogP contribution in [-0.2, 0) is 9.59 Å². The summed E-state index contributed by atoms with van der Waals surface area (Å²) in [6.07, 6.45) is 3.28. The zero-order valence-corrected chi connectivity index (χ0v) is 17.1. The molecule has 0 aliphatic heterocycles. The average Bonchev–Trinajstić information content (AvgIpc) is 2.76. The van der Waals surface area contributed by atoms with E-state index in [0.29, 0.717) is 29.7 Å². The number of hydrogen-bond donors (Lipinski definition) is 3. The molecular weight excluding hydrogens is 384 g/mol. The molecule has 0 bridgehead atoms. The van der Waals surface area contributed by atoms with Gasteiger partial charge in [0.2, 0.25) is 0 Å². The monoisotopic (exact) mass is 410 g/mol. The van der Waals surface area contributed by atoms with Gasteiger partial charge in [-0.2, -0.15) is 0 Å². The molecule has 0 unspecified atom stereocenters. The molecule has 0 saturated heterocycles. The maximum atomic E-state index is 12.8. The van der Waals surface area contributed by atoms with Crippen LogP contribution in [0.15, 0.2) is 60.3 Å². The Morgan fingerprint density at radius 3 is 2.30 bits per heavy atom. The largest absolute Gasteiger partial charge is 0.497 e. The molecule has 30 heavy (non-hydrogen) atoms. The molecule has 0 aliphatic rings. The third kappa shape index (κ3) is 6.77. The molecular formula is C23H26N2O5. The highest BCUT2D eigenvalue weighted by Gasteiger charge is 2.22. The van der Waals surface area contributed by atoms with Gasteiger partial charge in [-0.1, -0.05) is 50.1 Å². The number of ether oxygens (including phenoxy) is 1. The number of hydrogen-bond acceptors (Lipinski definition) is 4. The van der Waals surface area contributed by atoms with Crippen LogP contribution in [0.5, 0.6) is 5.75 Å². The number of unbranched alkanes of at least 4 members (excludes halogenated alkanes) is 1. The molecule has 0 aliphatic carbocycles. The SMILES string of the molecule is CCCC[C@H](NC(=O)/C(=C\c1ccccc1)NC(=O)c1ccc(OC)cc1)C(=O)O. The summed E-state index contributed by atoms with van der Waals surface area (Å²) in [5.74, 6) is -1.67. The van der Waals surface area contributed by atoms with Crippen LogP contribution in [-0.4, -0.2) is 36.0 Å². The summed E-state index contributed by atoms with van der Waals surface area (Å²) in [5, 5.41) is 14.5. The van der Waals surface area contributed by atoms with Crippen LogP contribution in [0.2, 0.25) is 0 Å². The molecule has 2 amide bonds. The lowest BCUT2D eigenvalue weighted by Crippen LogP contribution is -2.44. The molecule has 2 rings (SSSR count). The van der Waals surface area contributed by atoms with E-state index in [-0.39, 0.29) is 5.70 Å². The van der Waals surface area contributed by atoms with Crippen molar-refractivity contribution in [3.63, 3.8) is 0 Å². The predicted molar refractivity (Wildman–Crippen MR) is 114 cm³/mol. The molecule has 7 nitrogen and oxygen atoms in total. The number of rotatable bonds is 10. The first-order valence-corrected chi connectivity index (χ1v) is 9.70. The Morgan fingerprint density at radius 2 is 1.73 bits per heavy atom. The number of aliphatic carboxylic acids is 1. The highest BCUT2D eigenvalue weighted by atomic mass is 16.5. The minimum Gasteiger partial charge on any atom is -0.497 e. The van der Waals surface area contributed by atoms with Gasteiger partial charge < -0.3 is 20.5 Å². The van der Waals surface area contributed by atoms with Gasteiger partial charge in [0.25, 0.3) is 11.8 Å². The lowest BCUT2D eigenvalue weighted by atomic mass is 10.1. The summed E-state index contributed by atoms with van der Waals surface area (Å²) in [6, 6.07) is 14.4. The molecule has 0 aromatic heterocycles. The molecule has 2 aromatic carbocycles. The second-order valence-electron chi connectivity index (χ2n) is 6.66. The molecule has 0 spiro atoms. The number of carbonyl (C=O) groups is 3. The molecule has 1 atom stereocenters. The molecule has 0 fully saturated rings. The van der Waals surface area contributed by atoms with Crippen molar-refractivity contribution in [2.45, 2.75) is 32.2 Å². The standard InChI is InChI=1S/C23H26N2O5/c1-3-4-10-19(23(28)29)24-22(27)20(15-16-8-6-5-7-9-16)25-21(26)17-11-13-18(30-2)14-12-17/h5-9,11-15,19H,3-4,10H2,1-2H3,(H,24,27)(H,25,26)(H,28,29)/b20-15+/t19-/m0/s1. The molecule has 0 heterocycles. The van der Waals surface area contributed by atoms with Crippen molar-refractivity contribution >= 4 is 23.9 Å². The highest BCUT2D eigenvalue weighted by molar-refractivity contribution is 6.06. The van der Waals surface area contributed by atoms with Gasteiger partial charge in [-0.15, -0.1) is 0 Å². The van der Waals surface area contributed by atoms with Gasteiger partial charge in [0.15, 0.2) is 0 Å². The van der Waals surface area contributed by atoms with Crippen molar-refractivity contribution in [2.75, 3.05) is 7.11 Å². The van der Waals surface area contributed by atoms with Crippen LogP contribution in [0.3, 0.4) is 0 Å². The van der Waals surface area contributed by atoms with E-state index < -0.39 is 23.8 Å². The fraction of sp³-hybridized carbons (Fsp3) is 0.261. The normalized spacial score (nSPS) is 12.0.